The summed E-state index contributed by atoms with van der Waals surface area (Å²) in [6.07, 6.45) is 5.92. The van der Waals surface area contributed by atoms with E-state index in [9.17, 15) is 9.59 Å². The van der Waals surface area contributed by atoms with Crippen LogP contribution in [0.15, 0.2) is 48.9 Å². The van der Waals surface area contributed by atoms with E-state index in [1.54, 1.807) is 18.3 Å². The first-order valence-corrected chi connectivity index (χ1v) is 13.4. The first kappa shape index (κ1) is 27.0. The van der Waals surface area contributed by atoms with Gasteiger partial charge in [-0.1, -0.05) is 12.1 Å². The van der Waals surface area contributed by atoms with Crippen LogP contribution in [0.25, 0.3) is 22.3 Å². The summed E-state index contributed by atoms with van der Waals surface area (Å²) in [5.74, 6) is 0.596. The van der Waals surface area contributed by atoms with Crippen LogP contribution in [0.3, 0.4) is 0 Å². The molecule has 40 heavy (non-hydrogen) atoms. The lowest BCUT2D eigenvalue weighted by Gasteiger charge is -2.30. The number of nitrogens with zero attached hydrogens (tertiary/aromatic N) is 5. The van der Waals surface area contributed by atoms with E-state index in [4.69, 9.17) is 15.6 Å². The number of hydrogen-bond donors (Lipinski definition) is 3. The largest absolute Gasteiger partial charge is 0.444 e. The number of amides is 2. The van der Waals surface area contributed by atoms with Gasteiger partial charge in [0.15, 0.2) is 5.65 Å². The van der Waals surface area contributed by atoms with Gasteiger partial charge >= 0.3 is 6.09 Å². The zero-order valence-electron chi connectivity index (χ0n) is 23.1. The highest BCUT2D eigenvalue weighted by Crippen LogP contribution is 2.36. The van der Waals surface area contributed by atoms with E-state index in [0.717, 1.165) is 36.8 Å². The van der Waals surface area contributed by atoms with E-state index in [-0.39, 0.29) is 18.0 Å². The number of nitrogen functional groups attached to an aromatic ring is 1. The van der Waals surface area contributed by atoms with Crippen LogP contribution >= 0.6 is 0 Å². The quantitative estimate of drug-likeness (QED) is 0.317. The fourth-order valence-electron chi connectivity index (χ4n) is 4.96. The van der Waals surface area contributed by atoms with Gasteiger partial charge in [0.2, 0.25) is 0 Å². The molecule has 0 unspecified atom stereocenters. The normalized spacial score (nSPS) is 17.4. The van der Waals surface area contributed by atoms with Crippen molar-refractivity contribution in [2.45, 2.75) is 71.1 Å². The van der Waals surface area contributed by atoms with Crippen LogP contribution in [0.1, 0.15) is 68.4 Å². The van der Waals surface area contributed by atoms with Crippen molar-refractivity contribution in [3.8, 4) is 11.3 Å². The van der Waals surface area contributed by atoms with E-state index in [1.165, 1.54) is 6.33 Å². The molecule has 4 N–H and O–H groups in total. The molecule has 0 bridgehead atoms. The maximum Gasteiger partial charge on any atom is 0.407 e. The average molecular weight is 543 g/mol. The summed E-state index contributed by atoms with van der Waals surface area (Å²) in [7, 11) is 0. The average Bonchev–Trinajstić information content (AvgIpc) is 3.29. The first-order valence-electron chi connectivity index (χ1n) is 13.4. The molecule has 2 amide bonds. The SMILES string of the molecule is Cc1ccnc(NC(=O)c2ccc(-c3nn(C4CCC(NC(=O)OC(C)(C)C)CC4)c4ncnc(N)c34)cc2)c1. The second-order valence-corrected chi connectivity index (χ2v) is 11.2. The Bertz CT molecular complexity index is 1530. The molecule has 1 aromatic carbocycles. The van der Waals surface area contributed by atoms with Crippen molar-refractivity contribution in [1.29, 1.82) is 0 Å². The minimum absolute atomic E-state index is 0.0424. The molecule has 1 aliphatic carbocycles. The van der Waals surface area contributed by atoms with E-state index in [1.807, 2.05) is 56.6 Å². The number of rotatable bonds is 5. The number of nitrogens with one attached hydrogen (secondary N) is 2. The molecule has 0 saturated heterocycles. The van der Waals surface area contributed by atoms with Crippen molar-refractivity contribution >= 4 is 34.7 Å². The summed E-state index contributed by atoms with van der Waals surface area (Å²) in [4.78, 5) is 37.9. The van der Waals surface area contributed by atoms with E-state index in [2.05, 4.69) is 25.6 Å². The molecule has 3 heterocycles. The summed E-state index contributed by atoms with van der Waals surface area (Å²) >= 11 is 0. The van der Waals surface area contributed by atoms with Crippen LogP contribution in [0.2, 0.25) is 0 Å². The highest BCUT2D eigenvalue weighted by molar-refractivity contribution is 6.04. The number of alkyl carbamates (subject to hydrolysis) is 1. The van der Waals surface area contributed by atoms with E-state index < -0.39 is 11.7 Å². The summed E-state index contributed by atoms with van der Waals surface area (Å²) < 4.78 is 7.33. The lowest BCUT2D eigenvalue weighted by molar-refractivity contribution is 0.0487. The lowest BCUT2D eigenvalue weighted by atomic mass is 9.91. The molecule has 0 aliphatic heterocycles. The van der Waals surface area contributed by atoms with Crippen LogP contribution in [0, 0.1) is 6.92 Å². The first-order chi connectivity index (χ1) is 19.1. The summed E-state index contributed by atoms with van der Waals surface area (Å²) in [6.45, 7) is 7.49. The Balaban J connectivity index is 1.34. The maximum absolute atomic E-state index is 12.8. The van der Waals surface area contributed by atoms with Gasteiger partial charge in [0.1, 0.15) is 29.3 Å². The molecule has 1 aliphatic rings. The Hall–Kier alpha value is -4.54. The number of carbonyl (C=O) groups excluding carboxylic acids is 2. The molecule has 4 aromatic rings. The number of fused-ring (bicyclic) bond motifs is 1. The number of aromatic nitrogens is 5. The molecule has 11 nitrogen and oxygen atoms in total. The number of ether oxygens (including phenoxy) is 1. The highest BCUT2D eigenvalue weighted by Gasteiger charge is 2.29. The van der Waals surface area contributed by atoms with Crippen LogP contribution in [0.5, 0.6) is 0 Å². The maximum atomic E-state index is 12.8. The molecular weight excluding hydrogens is 508 g/mol. The zero-order chi connectivity index (χ0) is 28.4. The van der Waals surface area contributed by atoms with Gasteiger partial charge < -0.3 is 21.1 Å². The number of anilines is 2. The predicted molar refractivity (Wildman–Crippen MR) is 153 cm³/mol. The van der Waals surface area contributed by atoms with Gasteiger partial charge in [-0.15, -0.1) is 0 Å². The molecule has 1 fully saturated rings. The van der Waals surface area contributed by atoms with Gasteiger partial charge in [0.05, 0.1) is 11.4 Å². The molecule has 0 radical (unpaired) electrons. The second-order valence-electron chi connectivity index (χ2n) is 11.2. The molecule has 0 atom stereocenters. The number of aryl methyl sites for hydroxylation is 1. The number of nitrogens with two attached hydrogens (primary N) is 1. The summed E-state index contributed by atoms with van der Waals surface area (Å²) in [6, 6.07) is 11.0. The molecule has 0 spiro atoms. The Labute approximate surface area is 232 Å². The van der Waals surface area contributed by atoms with Crippen molar-refractivity contribution in [1.82, 2.24) is 30.0 Å². The predicted octanol–water partition coefficient (Wildman–Crippen LogP) is 5.04. The number of pyridine rings is 1. The topological polar surface area (TPSA) is 150 Å². The summed E-state index contributed by atoms with van der Waals surface area (Å²) in [5.41, 5.74) is 9.40. The standard InChI is InChI=1S/C29H34N8O3/c1-17-13-14-31-22(15-17)35-27(38)19-7-5-18(6-8-19)24-23-25(30)32-16-33-26(23)37(36-24)21-11-9-20(10-12-21)34-28(39)40-29(2,3)4/h5-8,13-16,20-21H,9-12H2,1-4H3,(H,34,39)(H2,30,32,33)(H,31,35,38). The monoisotopic (exact) mass is 542 g/mol. The van der Waals surface area contributed by atoms with Crippen LogP contribution in [-0.2, 0) is 4.74 Å². The van der Waals surface area contributed by atoms with Gasteiger partial charge in [-0.25, -0.2) is 24.4 Å². The van der Waals surface area contributed by atoms with Gasteiger partial charge in [-0.2, -0.15) is 5.10 Å². The van der Waals surface area contributed by atoms with Crippen molar-refractivity contribution in [2.24, 2.45) is 0 Å². The highest BCUT2D eigenvalue weighted by atomic mass is 16.6. The molecule has 11 heteroatoms. The smallest absolute Gasteiger partial charge is 0.407 e. The third-order valence-corrected chi connectivity index (χ3v) is 6.86. The van der Waals surface area contributed by atoms with Crippen molar-refractivity contribution in [2.75, 3.05) is 11.1 Å². The number of carbonyl (C=O) groups is 2. The van der Waals surface area contributed by atoms with Crippen molar-refractivity contribution < 1.29 is 14.3 Å². The van der Waals surface area contributed by atoms with Crippen LogP contribution in [-0.4, -0.2) is 48.4 Å². The Kier molecular flexibility index (Phi) is 7.38. The second kappa shape index (κ2) is 10.9. The fraction of sp³-hybridized carbons (Fsp3) is 0.379. The molecule has 5 rings (SSSR count). The van der Waals surface area contributed by atoms with Gasteiger partial charge in [0.25, 0.3) is 5.91 Å². The van der Waals surface area contributed by atoms with Crippen molar-refractivity contribution in [3.63, 3.8) is 0 Å². The third kappa shape index (κ3) is 6.03. The number of hydrogen-bond acceptors (Lipinski definition) is 8. The van der Waals surface area contributed by atoms with E-state index in [0.29, 0.717) is 33.9 Å². The third-order valence-electron chi connectivity index (χ3n) is 6.86. The molecule has 1 saturated carbocycles. The van der Waals surface area contributed by atoms with Crippen LogP contribution in [0.4, 0.5) is 16.4 Å². The van der Waals surface area contributed by atoms with Crippen molar-refractivity contribution in [3.05, 3.63) is 60.0 Å². The minimum atomic E-state index is -0.536. The fourth-order valence-corrected chi connectivity index (χ4v) is 4.96. The molecule has 3 aromatic heterocycles. The molecule has 208 valence electrons. The Morgan fingerprint density at radius 1 is 1.02 bits per heavy atom. The number of benzene rings is 1. The van der Waals surface area contributed by atoms with Gasteiger partial charge in [0, 0.05) is 23.4 Å². The Morgan fingerprint density at radius 3 is 2.42 bits per heavy atom. The molecular formula is C29H34N8O3. The Morgan fingerprint density at radius 2 is 1.75 bits per heavy atom. The lowest BCUT2D eigenvalue weighted by Crippen LogP contribution is -2.41. The van der Waals surface area contributed by atoms with Gasteiger partial charge in [-0.05, 0) is 83.2 Å². The zero-order valence-corrected chi connectivity index (χ0v) is 23.1. The van der Waals surface area contributed by atoms with E-state index >= 15 is 0 Å². The minimum Gasteiger partial charge on any atom is -0.444 e. The summed E-state index contributed by atoms with van der Waals surface area (Å²) in [5, 5.41) is 11.4. The van der Waals surface area contributed by atoms with Crippen LogP contribution < -0.4 is 16.4 Å². The van der Waals surface area contributed by atoms with Gasteiger partial charge in [-0.3, -0.25) is 4.79 Å².